The Bertz CT molecular complexity index is 549. The van der Waals surface area contributed by atoms with E-state index in [2.05, 4.69) is 26.1 Å². The molecule has 5 nitrogen and oxygen atoms in total. The summed E-state index contributed by atoms with van der Waals surface area (Å²) in [4.78, 5) is 13.7. The van der Waals surface area contributed by atoms with Gasteiger partial charge < -0.3 is 20.4 Å². The largest absolute Gasteiger partial charge is 0.394 e. The van der Waals surface area contributed by atoms with Crippen LogP contribution in [0.1, 0.15) is 30.9 Å². The molecule has 1 saturated heterocycles. The van der Waals surface area contributed by atoms with Gasteiger partial charge in [0, 0.05) is 22.3 Å². The predicted octanol–water partition coefficient (Wildman–Crippen LogP) is 1.79. The van der Waals surface area contributed by atoms with E-state index >= 15 is 0 Å². The van der Waals surface area contributed by atoms with Crippen molar-refractivity contribution < 1.29 is 15.0 Å². The zero-order valence-corrected chi connectivity index (χ0v) is 12.6. The van der Waals surface area contributed by atoms with Gasteiger partial charge in [-0.1, -0.05) is 0 Å². The monoisotopic (exact) mass is 340 g/mol. The summed E-state index contributed by atoms with van der Waals surface area (Å²) in [6.07, 6.45) is 2.09. The number of fused-ring (bicyclic) bond motifs is 1. The average molecular weight is 341 g/mol. The van der Waals surface area contributed by atoms with Crippen LogP contribution in [0.3, 0.4) is 0 Å². The second-order valence-corrected chi connectivity index (χ2v) is 6.16. The number of nitrogens with one attached hydrogen (secondary N) is 1. The van der Waals surface area contributed by atoms with Gasteiger partial charge in [-0.25, -0.2) is 0 Å². The molecule has 0 radical (unpaired) electrons. The summed E-state index contributed by atoms with van der Waals surface area (Å²) < 4.78 is 0.840. The van der Waals surface area contributed by atoms with E-state index in [1.807, 2.05) is 6.07 Å². The summed E-state index contributed by atoms with van der Waals surface area (Å²) in [5.74, 6) is -0.388. The molecule has 1 fully saturated rings. The lowest BCUT2D eigenvalue weighted by molar-refractivity contribution is -0.123. The number of benzene rings is 1. The summed E-state index contributed by atoms with van der Waals surface area (Å²) in [7, 11) is 0. The van der Waals surface area contributed by atoms with Crippen LogP contribution in [0.2, 0.25) is 0 Å². The first-order chi connectivity index (χ1) is 9.61. The van der Waals surface area contributed by atoms with Gasteiger partial charge in [-0.05, 0) is 47.3 Å². The van der Waals surface area contributed by atoms with Crippen LogP contribution in [0.25, 0.3) is 0 Å². The molecule has 2 atom stereocenters. The molecule has 2 unspecified atom stereocenters. The van der Waals surface area contributed by atoms with Crippen LogP contribution in [0.5, 0.6) is 0 Å². The minimum Gasteiger partial charge on any atom is -0.394 e. The smallest absolute Gasteiger partial charge is 0.257 e. The summed E-state index contributed by atoms with van der Waals surface area (Å²) >= 11 is 3.52. The van der Waals surface area contributed by atoms with Crippen LogP contribution in [0.15, 0.2) is 16.6 Å². The first-order valence-corrected chi connectivity index (χ1v) is 7.61. The molecule has 0 aliphatic carbocycles. The van der Waals surface area contributed by atoms with Gasteiger partial charge in [0.2, 0.25) is 0 Å². The molecule has 3 rings (SSSR count). The Hall–Kier alpha value is -1.11. The number of amides is 1. The van der Waals surface area contributed by atoms with Crippen molar-refractivity contribution in [2.24, 2.45) is 0 Å². The number of nitrogens with zero attached hydrogens (tertiary/aromatic N) is 1. The molecule has 1 amide bonds. The van der Waals surface area contributed by atoms with E-state index in [1.165, 1.54) is 0 Å². The van der Waals surface area contributed by atoms with Crippen molar-refractivity contribution in [2.45, 2.75) is 31.4 Å². The lowest BCUT2D eigenvalue weighted by Gasteiger charge is -2.37. The predicted molar refractivity (Wildman–Crippen MR) is 79.8 cm³/mol. The molecule has 0 spiro atoms. The lowest BCUT2D eigenvalue weighted by atomic mass is 10.0. The number of anilines is 2. The highest BCUT2D eigenvalue weighted by Gasteiger charge is 2.31. The van der Waals surface area contributed by atoms with Gasteiger partial charge in [-0.15, -0.1) is 0 Å². The number of hydrogen-bond donors (Lipinski definition) is 3. The Balaban J connectivity index is 1.99. The van der Waals surface area contributed by atoms with E-state index in [0.717, 1.165) is 36.0 Å². The van der Waals surface area contributed by atoms with E-state index in [4.69, 9.17) is 0 Å². The third-order valence-electron chi connectivity index (χ3n) is 4.07. The number of aliphatic hydroxyl groups excluding tert-OH is 2. The van der Waals surface area contributed by atoms with Crippen molar-refractivity contribution in [3.63, 3.8) is 0 Å². The van der Waals surface area contributed by atoms with Gasteiger partial charge in [-0.3, -0.25) is 4.79 Å². The van der Waals surface area contributed by atoms with Crippen molar-refractivity contribution in [3.8, 4) is 0 Å². The van der Waals surface area contributed by atoms with Crippen molar-refractivity contribution >= 4 is 33.2 Å². The molecule has 1 aromatic rings. The molecule has 0 aromatic heterocycles. The van der Waals surface area contributed by atoms with Gasteiger partial charge in [0.05, 0.1) is 18.3 Å². The van der Waals surface area contributed by atoms with E-state index in [0.29, 0.717) is 11.3 Å². The molecule has 0 saturated carbocycles. The molecule has 20 heavy (non-hydrogen) atoms. The highest BCUT2D eigenvalue weighted by molar-refractivity contribution is 9.10. The van der Waals surface area contributed by atoms with E-state index in [1.54, 1.807) is 6.07 Å². The van der Waals surface area contributed by atoms with Crippen molar-refractivity contribution in [2.75, 3.05) is 23.4 Å². The van der Waals surface area contributed by atoms with Crippen LogP contribution in [0, 0.1) is 0 Å². The van der Waals surface area contributed by atoms with Crippen LogP contribution in [-0.2, 0) is 4.79 Å². The Kier molecular flexibility index (Phi) is 3.70. The lowest BCUT2D eigenvalue weighted by Crippen LogP contribution is -2.42. The quantitative estimate of drug-likeness (QED) is 0.767. The number of carbonyl (C=O) groups is 1. The fourth-order valence-corrected chi connectivity index (χ4v) is 3.57. The number of carbonyl (C=O) groups excluding carboxylic acids is 1. The molecule has 2 aliphatic rings. The highest BCUT2D eigenvalue weighted by atomic mass is 79.9. The Morgan fingerprint density at radius 2 is 2.20 bits per heavy atom. The zero-order valence-electron chi connectivity index (χ0n) is 11.0. The summed E-state index contributed by atoms with van der Waals surface area (Å²) in [6, 6.07) is 3.78. The minimum atomic E-state index is -1.09. The first-order valence-electron chi connectivity index (χ1n) is 6.81. The molecule has 0 bridgehead atoms. The summed E-state index contributed by atoms with van der Waals surface area (Å²) in [5.41, 5.74) is 2.21. The third kappa shape index (κ3) is 2.21. The minimum absolute atomic E-state index is 0.111. The van der Waals surface area contributed by atoms with Gasteiger partial charge in [0.15, 0.2) is 6.10 Å². The van der Waals surface area contributed by atoms with Gasteiger partial charge in [0.1, 0.15) is 0 Å². The number of hydrogen-bond acceptors (Lipinski definition) is 4. The maximum atomic E-state index is 11.5. The second kappa shape index (κ2) is 5.35. The first kappa shape index (κ1) is 13.9. The van der Waals surface area contributed by atoms with Crippen molar-refractivity contribution in [1.82, 2.24) is 0 Å². The molecular formula is C14H17BrN2O3. The third-order valence-corrected chi connectivity index (χ3v) is 4.70. The molecular weight excluding hydrogens is 324 g/mol. The highest BCUT2D eigenvalue weighted by Crippen LogP contribution is 2.40. The van der Waals surface area contributed by atoms with Crippen LogP contribution in [-0.4, -0.2) is 35.3 Å². The maximum Gasteiger partial charge on any atom is 0.257 e. The molecule has 1 aromatic carbocycles. The Morgan fingerprint density at radius 1 is 1.40 bits per heavy atom. The molecule has 2 aliphatic heterocycles. The van der Waals surface area contributed by atoms with Crippen LogP contribution < -0.4 is 10.2 Å². The molecule has 2 heterocycles. The molecule has 108 valence electrons. The van der Waals surface area contributed by atoms with Crippen molar-refractivity contribution in [1.29, 1.82) is 0 Å². The maximum absolute atomic E-state index is 11.5. The standard InChI is InChI=1S/C14H17BrN2O3/c15-10-5-9-11(16-14(20)13(9)19)6-12(10)17-4-2-1-3-8(17)7-18/h5-6,8,13,18-19H,1-4,7H2,(H,16,20). The topological polar surface area (TPSA) is 72.8 Å². The van der Waals surface area contributed by atoms with Crippen LogP contribution >= 0.6 is 15.9 Å². The number of aliphatic hydroxyl groups is 2. The fraction of sp³-hybridized carbons (Fsp3) is 0.500. The van der Waals surface area contributed by atoms with E-state index in [-0.39, 0.29) is 18.6 Å². The fourth-order valence-electron chi connectivity index (χ4n) is 2.98. The number of halogens is 1. The van der Waals surface area contributed by atoms with E-state index in [9.17, 15) is 15.0 Å². The summed E-state index contributed by atoms with van der Waals surface area (Å²) in [5, 5.41) is 22.0. The zero-order chi connectivity index (χ0) is 14.3. The Morgan fingerprint density at radius 3 is 2.95 bits per heavy atom. The number of piperidine rings is 1. The van der Waals surface area contributed by atoms with Crippen molar-refractivity contribution in [3.05, 3.63) is 22.2 Å². The SMILES string of the molecule is O=C1Nc2cc(N3CCCCC3CO)c(Br)cc2C1O. The average Bonchev–Trinajstić information content (AvgIpc) is 2.73. The number of rotatable bonds is 2. The van der Waals surface area contributed by atoms with Crippen LogP contribution in [0.4, 0.5) is 11.4 Å². The molecule has 6 heteroatoms. The van der Waals surface area contributed by atoms with Gasteiger partial charge >= 0.3 is 0 Å². The van der Waals surface area contributed by atoms with Gasteiger partial charge in [-0.2, -0.15) is 0 Å². The van der Waals surface area contributed by atoms with Gasteiger partial charge in [0.25, 0.3) is 5.91 Å². The Labute approximate surface area is 125 Å². The normalized spacial score (nSPS) is 25.6. The summed E-state index contributed by atoms with van der Waals surface area (Å²) in [6.45, 7) is 1.01. The van der Waals surface area contributed by atoms with E-state index < -0.39 is 6.10 Å². The molecule has 3 N–H and O–H groups in total. The second-order valence-electron chi connectivity index (χ2n) is 5.31.